The van der Waals surface area contributed by atoms with Gasteiger partial charge in [0.25, 0.3) is 0 Å². The van der Waals surface area contributed by atoms with Crippen molar-refractivity contribution in [2.75, 3.05) is 6.54 Å². The van der Waals surface area contributed by atoms with Gasteiger partial charge in [0, 0.05) is 0 Å². The molecule has 3 heterocycles. The van der Waals surface area contributed by atoms with Crippen LogP contribution in [0.25, 0.3) is 0 Å². The number of hydrogen-bond donors (Lipinski definition) is 1. The van der Waals surface area contributed by atoms with Crippen LogP contribution in [-0.4, -0.2) is 40.2 Å². The van der Waals surface area contributed by atoms with Gasteiger partial charge in [0.1, 0.15) is 11.2 Å². The van der Waals surface area contributed by atoms with Crippen molar-refractivity contribution in [2.24, 2.45) is 11.8 Å². The molecule has 6 nitrogen and oxygen atoms in total. The Hall–Kier alpha value is -1.34. The average molecular weight is 311 g/mol. The van der Waals surface area contributed by atoms with Crippen molar-refractivity contribution in [3.05, 3.63) is 12.2 Å². The lowest BCUT2D eigenvalue weighted by Crippen LogP contribution is -2.48. The summed E-state index contributed by atoms with van der Waals surface area (Å²) in [7, 11) is 0. The standard InChI is InChI=1S/C14H17NO5S/c1-13(2,3)20-12(18)15-6-14-5-4-7(19-14)8-9(14)11(17)21-10(8)16/h4-5,7-9H,6H2,1-3H3,(H,15,18)/t7-,8-,9+,14-/m0/s1. The molecule has 114 valence electrons. The smallest absolute Gasteiger partial charge is 0.407 e. The SMILES string of the molecule is CC(C)(C)OC(=O)NC[C@]12C=C[C@H](O1)[C@@H]1C(=O)SC(=O)[C@@H]12. The van der Waals surface area contributed by atoms with Gasteiger partial charge in [0.15, 0.2) is 0 Å². The van der Waals surface area contributed by atoms with Crippen LogP contribution in [0, 0.1) is 11.8 Å². The molecule has 3 rings (SSSR count). The van der Waals surface area contributed by atoms with Crippen molar-refractivity contribution in [2.45, 2.75) is 38.1 Å². The second kappa shape index (κ2) is 4.58. The van der Waals surface area contributed by atoms with Crippen LogP contribution in [0.5, 0.6) is 0 Å². The lowest BCUT2D eigenvalue weighted by molar-refractivity contribution is -0.120. The van der Waals surface area contributed by atoms with E-state index in [1.54, 1.807) is 32.9 Å². The number of carbonyl (C=O) groups excluding carboxylic acids is 3. The van der Waals surface area contributed by atoms with E-state index in [-0.39, 0.29) is 22.9 Å². The van der Waals surface area contributed by atoms with Crippen molar-refractivity contribution < 1.29 is 23.9 Å². The number of thioether (sulfide) groups is 1. The molecule has 2 fully saturated rings. The molecule has 1 amide bonds. The Morgan fingerprint density at radius 3 is 2.81 bits per heavy atom. The van der Waals surface area contributed by atoms with Crippen LogP contribution in [0.4, 0.5) is 4.79 Å². The van der Waals surface area contributed by atoms with Crippen LogP contribution in [0.15, 0.2) is 12.2 Å². The first-order valence-electron chi connectivity index (χ1n) is 6.81. The van der Waals surface area contributed by atoms with Crippen LogP contribution in [0.2, 0.25) is 0 Å². The third-order valence-corrected chi connectivity index (χ3v) is 4.73. The maximum Gasteiger partial charge on any atom is 0.407 e. The molecule has 3 aliphatic heterocycles. The lowest BCUT2D eigenvalue weighted by atomic mass is 9.77. The molecule has 4 atom stereocenters. The molecule has 0 aromatic carbocycles. The highest BCUT2D eigenvalue weighted by Crippen LogP contribution is 2.54. The van der Waals surface area contributed by atoms with Crippen molar-refractivity contribution in [3.63, 3.8) is 0 Å². The van der Waals surface area contributed by atoms with Gasteiger partial charge in [-0.1, -0.05) is 12.2 Å². The molecule has 0 unspecified atom stereocenters. The molecule has 0 aromatic rings. The summed E-state index contributed by atoms with van der Waals surface area (Å²) >= 11 is 0.761. The number of hydrogen-bond acceptors (Lipinski definition) is 6. The van der Waals surface area contributed by atoms with Crippen LogP contribution in [0.3, 0.4) is 0 Å². The highest BCUT2D eigenvalue weighted by molar-refractivity contribution is 8.26. The summed E-state index contributed by atoms with van der Waals surface area (Å²) in [6.07, 6.45) is 2.66. The fraction of sp³-hybridized carbons (Fsp3) is 0.643. The highest BCUT2D eigenvalue weighted by Gasteiger charge is 2.65. The predicted molar refractivity (Wildman–Crippen MR) is 75.6 cm³/mol. The molecule has 2 saturated heterocycles. The van der Waals surface area contributed by atoms with Crippen molar-refractivity contribution >= 4 is 28.1 Å². The molecule has 3 aliphatic rings. The van der Waals surface area contributed by atoms with E-state index in [4.69, 9.17) is 9.47 Å². The second-order valence-corrected chi connectivity index (χ2v) is 7.50. The summed E-state index contributed by atoms with van der Waals surface area (Å²) in [5.41, 5.74) is -1.51. The van der Waals surface area contributed by atoms with E-state index in [1.807, 2.05) is 0 Å². The zero-order valence-electron chi connectivity index (χ0n) is 12.0. The summed E-state index contributed by atoms with van der Waals surface area (Å²) < 4.78 is 11.0. The first-order chi connectivity index (χ1) is 9.72. The van der Waals surface area contributed by atoms with Crippen LogP contribution in [0.1, 0.15) is 20.8 Å². The lowest BCUT2D eigenvalue weighted by Gasteiger charge is -2.29. The van der Waals surface area contributed by atoms with E-state index in [0.717, 1.165) is 11.8 Å². The van der Waals surface area contributed by atoms with Gasteiger partial charge in [-0.3, -0.25) is 9.59 Å². The van der Waals surface area contributed by atoms with Gasteiger partial charge < -0.3 is 14.8 Å². The van der Waals surface area contributed by atoms with Gasteiger partial charge in [-0.05, 0) is 32.5 Å². The Kier molecular flexibility index (Phi) is 3.18. The van der Waals surface area contributed by atoms with Gasteiger partial charge in [-0.15, -0.1) is 0 Å². The fourth-order valence-corrected chi connectivity index (χ4v) is 4.11. The maximum atomic E-state index is 12.0. The number of carbonyl (C=O) groups is 3. The van der Waals surface area contributed by atoms with Gasteiger partial charge >= 0.3 is 6.09 Å². The molecule has 0 saturated carbocycles. The molecule has 2 bridgehead atoms. The minimum absolute atomic E-state index is 0.121. The first-order valence-corrected chi connectivity index (χ1v) is 7.63. The first kappa shape index (κ1) is 14.6. The summed E-state index contributed by atoms with van der Waals surface area (Å²) in [5, 5.41) is 2.32. The van der Waals surface area contributed by atoms with E-state index in [0.29, 0.717) is 0 Å². The Labute approximate surface area is 126 Å². The van der Waals surface area contributed by atoms with Crippen LogP contribution >= 0.6 is 11.8 Å². The molecule has 0 radical (unpaired) electrons. The van der Waals surface area contributed by atoms with Crippen molar-refractivity contribution in [1.29, 1.82) is 0 Å². The molecule has 7 heteroatoms. The molecule has 0 aromatic heterocycles. The molecule has 0 spiro atoms. The third kappa shape index (κ3) is 2.38. The van der Waals surface area contributed by atoms with E-state index in [9.17, 15) is 14.4 Å². The monoisotopic (exact) mass is 311 g/mol. The number of nitrogens with one attached hydrogen (secondary N) is 1. The normalized spacial score (nSPS) is 37.0. The van der Waals surface area contributed by atoms with Gasteiger partial charge in [0.2, 0.25) is 10.2 Å². The maximum absolute atomic E-state index is 12.0. The van der Waals surface area contributed by atoms with Crippen molar-refractivity contribution in [3.8, 4) is 0 Å². The minimum Gasteiger partial charge on any atom is -0.444 e. The molecular formula is C14H17NO5S. The molecule has 21 heavy (non-hydrogen) atoms. The number of amides is 1. The number of ether oxygens (including phenoxy) is 2. The average Bonchev–Trinajstić information content (AvgIpc) is 2.97. The quantitative estimate of drug-likeness (QED) is 0.773. The fourth-order valence-electron chi connectivity index (χ4n) is 3.04. The minimum atomic E-state index is -0.914. The Morgan fingerprint density at radius 1 is 1.43 bits per heavy atom. The van der Waals surface area contributed by atoms with Crippen LogP contribution < -0.4 is 5.32 Å². The summed E-state index contributed by atoms with van der Waals surface area (Å²) in [6, 6.07) is 0. The van der Waals surface area contributed by atoms with Crippen LogP contribution in [-0.2, 0) is 19.1 Å². The summed E-state index contributed by atoms with van der Waals surface area (Å²) in [6.45, 7) is 5.44. The summed E-state index contributed by atoms with van der Waals surface area (Å²) in [5.74, 6) is -0.937. The Balaban J connectivity index is 1.71. The molecule has 0 aliphatic carbocycles. The Bertz CT molecular complexity index is 552. The largest absolute Gasteiger partial charge is 0.444 e. The van der Waals surface area contributed by atoms with E-state index in [2.05, 4.69) is 5.32 Å². The van der Waals surface area contributed by atoms with Crippen molar-refractivity contribution in [1.82, 2.24) is 5.32 Å². The topological polar surface area (TPSA) is 81.7 Å². The molecule has 1 N–H and O–H groups in total. The van der Waals surface area contributed by atoms with E-state index in [1.165, 1.54) is 0 Å². The van der Waals surface area contributed by atoms with Gasteiger partial charge in [-0.25, -0.2) is 4.79 Å². The summed E-state index contributed by atoms with van der Waals surface area (Å²) in [4.78, 5) is 35.6. The second-order valence-electron chi connectivity index (χ2n) is 6.50. The zero-order chi connectivity index (χ0) is 15.4. The number of fused-ring (bicyclic) bond motifs is 5. The van der Waals surface area contributed by atoms with Gasteiger partial charge in [-0.2, -0.15) is 0 Å². The van der Waals surface area contributed by atoms with Gasteiger partial charge in [0.05, 0.1) is 24.5 Å². The van der Waals surface area contributed by atoms with E-state index < -0.39 is 29.1 Å². The third-order valence-electron chi connectivity index (χ3n) is 3.80. The Morgan fingerprint density at radius 2 is 2.14 bits per heavy atom. The zero-order valence-corrected chi connectivity index (χ0v) is 12.9. The predicted octanol–water partition coefficient (Wildman–Crippen LogP) is 1.25. The van der Waals surface area contributed by atoms with E-state index >= 15 is 0 Å². The number of alkyl carbamates (subject to hydrolysis) is 1. The number of rotatable bonds is 2. The molecular weight excluding hydrogens is 294 g/mol. The highest BCUT2D eigenvalue weighted by atomic mass is 32.2.